The quantitative estimate of drug-likeness (QED) is 0.198. The zero-order valence-corrected chi connectivity index (χ0v) is 26.7. The van der Waals surface area contributed by atoms with Crippen LogP contribution in [-0.4, -0.2) is 9.97 Å². The third kappa shape index (κ3) is 4.56. The molecular formula is C45H33N3. The number of nitriles is 1. The van der Waals surface area contributed by atoms with E-state index in [-0.39, 0.29) is 5.41 Å². The minimum absolute atomic E-state index is 0.0440. The van der Waals surface area contributed by atoms with Crippen LogP contribution in [-0.2, 0) is 5.41 Å². The number of nitrogens with zero attached hydrogens (tertiary/aromatic N) is 3. The maximum Gasteiger partial charge on any atom is 0.160 e. The summed E-state index contributed by atoms with van der Waals surface area (Å²) in [6, 6.07) is 51.7. The first-order valence-corrected chi connectivity index (χ1v) is 16.9. The first-order valence-electron chi connectivity index (χ1n) is 16.9. The fraction of sp³-hybridized carbons (Fsp3) is 0.133. The van der Waals surface area contributed by atoms with Gasteiger partial charge in [0.1, 0.15) is 0 Å². The summed E-state index contributed by atoms with van der Waals surface area (Å²) in [5, 5.41) is 12.1. The lowest BCUT2D eigenvalue weighted by Crippen LogP contribution is -2.28. The van der Waals surface area contributed by atoms with Crippen LogP contribution in [0.4, 0.5) is 0 Å². The molecule has 6 aromatic carbocycles. The van der Waals surface area contributed by atoms with Crippen molar-refractivity contribution < 1.29 is 0 Å². The van der Waals surface area contributed by atoms with Crippen molar-refractivity contribution in [2.75, 3.05) is 0 Å². The molecule has 1 heterocycles. The van der Waals surface area contributed by atoms with E-state index in [1.165, 1.54) is 57.9 Å². The van der Waals surface area contributed by atoms with E-state index >= 15 is 0 Å². The summed E-state index contributed by atoms with van der Waals surface area (Å²) in [4.78, 5) is 10.4. The number of rotatable bonds is 4. The minimum atomic E-state index is -0.0440. The second kappa shape index (κ2) is 11.4. The highest BCUT2D eigenvalue weighted by Crippen LogP contribution is 2.56. The summed E-state index contributed by atoms with van der Waals surface area (Å²) in [5.74, 6) is 0.713. The van der Waals surface area contributed by atoms with Crippen LogP contribution in [0.25, 0.3) is 66.9 Å². The van der Waals surface area contributed by atoms with Gasteiger partial charge in [0.25, 0.3) is 0 Å². The lowest BCUT2D eigenvalue weighted by molar-refractivity contribution is 0.353. The summed E-state index contributed by atoms with van der Waals surface area (Å²) in [5.41, 5.74) is 13.4. The summed E-state index contributed by atoms with van der Waals surface area (Å²) >= 11 is 0. The molecule has 0 radical (unpaired) electrons. The zero-order chi connectivity index (χ0) is 32.1. The Bertz CT molecular complexity index is 2390. The summed E-state index contributed by atoms with van der Waals surface area (Å²) in [7, 11) is 0. The molecule has 0 saturated heterocycles. The van der Waals surface area contributed by atoms with Gasteiger partial charge in [-0.05, 0) is 81.3 Å². The summed E-state index contributed by atoms with van der Waals surface area (Å²) in [6.07, 6.45) is 5.91. The number of hydrogen-bond acceptors (Lipinski definition) is 3. The zero-order valence-electron chi connectivity index (χ0n) is 26.7. The molecular weight excluding hydrogens is 583 g/mol. The predicted octanol–water partition coefficient (Wildman–Crippen LogP) is 11.4. The molecule has 0 N–H and O–H groups in total. The van der Waals surface area contributed by atoms with Crippen molar-refractivity contribution in [1.82, 2.24) is 9.97 Å². The lowest BCUT2D eigenvalue weighted by atomic mass is 9.67. The van der Waals surface area contributed by atoms with Gasteiger partial charge < -0.3 is 0 Å². The van der Waals surface area contributed by atoms with Crippen LogP contribution in [0, 0.1) is 11.3 Å². The van der Waals surface area contributed by atoms with Crippen molar-refractivity contribution in [2.24, 2.45) is 0 Å². The van der Waals surface area contributed by atoms with E-state index in [1.54, 1.807) is 0 Å². The predicted molar refractivity (Wildman–Crippen MR) is 195 cm³/mol. The standard InChI is InChI=1S/C45H33N3/c46-29-30-20-22-36-37-23-21-33(27-41(37)45(40(36)26-30)24-9-2-10-25-45)35-17-7-8-18-38(35)42-28-43(48-44(47-42)32-13-3-1-4-14-32)39-19-11-15-31-12-5-6-16-34(31)39/h1,3-8,11-23,26-28H,2,9-10,24-25H2. The minimum Gasteiger partial charge on any atom is -0.228 e. The van der Waals surface area contributed by atoms with Crippen molar-refractivity contribution in [1.29, 1.82) is 5.26 Å². The molecule has 1 fully saturated rings. The third-order valence-electron chi connectivity index (χ3n) is 10.5. The Morgan fingerprint density at radius 1 is 0.500 bits per heavy atom. The topological polar surface area (TPSA) is 49.6 Å². The van der Waals surface area contributed by atoms with Gasteiger partial charge in [-0.15, -0.1) is 0 Å². The molecule has 1 spiro atoms. The Morgan fingerprint density at radius 3 is 1.96 bits per heavy atom. The van der Waals surface area contributed by atoms with Crippen molar-refractivity contribution in [3.8, 4) is 62.2 Å². The molecule has 3 nitrogen and oxygen atoms in total. The molecule has 1 saturated carbocycles. The highest BCUT2D eigenvalue weighted by atomic mass is 14.9. The maximum absolute atomic E-state index is 9.78. The second-order valence-electron chi connectivity index (χ2n) is 13.2. The molecule has 0 amide bonds. The molecule has 0 bridgehead atoms. The fourth-order valence-corrected chi connectivity index (χ4v) is 8.27. The molecule has 9 rings (SSSR count). The van der Waals surface area contributed by atoms with Crippen LogP contribution in [0.15, 0.2) is 140 Å². The number of aromatic nitrogens is 2. The molecule has 7 aromatic rings. The van der Waals surface area contributed by atoms with E-state index in [4.69, 9.17) is 9.97 Å². The monoisotopic (exact) mass is 615 g/mol. The van der Waals surface area contributed by atoms with Gasteiger partial charge in [0.2, 0.25) is 0 Å². The second-order valence-corrected chi connectivity index (χ2v) is 13.2. The number of hydrogen-bond donors (Lipinski definition) is 0. The van der Waals surface area contributed by atoms with Gasteiger partial charge in [0.15, 0.2) is 5.82 Å². The SMILES string of the molecule is N#Cc1ccc2c(c1)C1(CCCCC1)c1cc(-c3ccccc3-c3cc(-c4cccc5ccccc45)nc(-c4ccccc4)n3)ccc1-2. The van der Waals surface area contributed by atoms with Crippen LogP contribution in [0.3, 0.4) is 0 Å². The normalized spacial score (nSPS) is 14.4. The molecule has 228 valence electrons. The van der Waals surface area contributed by atoms with Crippen molar-refractivity contribution in [2.45, 2.75) is 37.5 Å². The fourth-order valence-electron chi connectivity index (χ4n) is 8.27. The molecule has 3 heteroatoms. The molecule has 48 heavy (non-hydrogen) atoms. The van der Waals surface area contributed by atoms with Gasteiger partial charge >= 0.3 is 0 Å². The van der Waals surface area contributed by atoms with Gasteiger partial charge in [-0.1, -0.05) is 135 Å². The highest BCUT2D eigenvalue weighted by Gasteiger charge is 2.44. The molecule has 0 atom stereocenters. The van der Waals surface area contributed by atoms with Crippen molar-refractivity contribution >= 4 is 10.8 Å². The lowest BCUT2D eigenvalue weighted by Gasteiger charge is -2.36. The van der Waals surface area contributed by atoms with E-state index in [2.05, 4.69) is 121 Å². The van der Waals surface area contributed by atoms with Crippen molar-refractivity contribution in [3.63, 3.8) is 0 Å². The van der Waals surface area contributed by atoms with Crippen LogP contribution < -0.4 is 0 Å². The Kier molecular flexibility index (Phi) is 6.76. The largest absolute Gasteiger partial charge is 0.228 e. The van der Waals surface area contributed by atoms with E-state index in [0.29, 0.717) is 5.82 Å². The molecule has 0 unspecified atom stereocenters. The Morgan fingerprint density at radius 2 is 1.15 bits per heavy atom. The Hall–Kier alpha value is -5.85. The van der Waals surface area contributed by atoms with E-state index in [0.717, 1.165) is 52.0 Å². The average Bonchev–Trinajstić information content (AvgIpc) is 3.42. The van der Waals surface area contributed by atoms with Crippen molar-refractivity contribution in [3.05, 3.63) is 156 Å². The molecule has 2 aliphatic rings. The van der Waals surface area contributed by atoms with Gasteiger partial charge in [-0.2, -0.15) is 5.26 Å². The first kappa shape index (κ1) is 28.4. The van der Waals surface area contributed by atoms with Crippen LogP contribution >= 0.6 is 0 Å². The van der Waals surface area contributed by atoms with E-state index < -0.39 is 0 Å². The van der Waals surface area contributed by atoms with Crippen LogP contribution in [0.2, 0.25) is 0 Å². The number of benzene rings is 6. The third-order valence-corrected chi connectivity index (χ3v) is 10.5. The van der Waals surface area contributed by atoms with Crippen LogP contribution in [0.5, 0.6) is 0 Å². The first-order chi connectivity index (χ1) is 23.7. The Balaban J connectivity index is 1.23. The number of fused-ring (bicyclic) bond motifs is 6. The summed E-state index contributed by atoms with van der Waals surface area (Å²) in [6.45, 7) is 0. The van der Waals surface area contributed by atoms with E-state index in [9.17, 15) is 5.26 Å². The molecule has 2 aliphatic carbocycles. The van der Waals surface area contributed by atoms with Crippen LogP contribution in [0.1, 0.15) is 48.8 Å². The smallest absolute Gasteiger partial charge is 0.160 e. The highest BCUT2D eigenvalue weighted by molar-refractivity contribution is 5.97. The van der Waals surface area contributed by atoms with Gasteiger partial charge in [0.05, 0.1) is 23.0 Å². The Labute approximate surface area is 281 Å². The van der Waals surface area contributed by atoms with Gasteiger partial charge in [0, 0.05) is 22.1 Å². The molecule has 1 aromatic heterocycles. The van der Waals surface area contributed by atoms with Gasteiger partial charge in [-0.25, -0.2) is 9.97 Å². The van der Waals surface area contributed by atoms with E-state index in [1.807, 2.05) is 24.3 Å². The van der Waals surface area contributed by atoms with Gasteiger partial charge in [-0.3, -0.25) is 0 Å². The molecule has 0 aliphatic heterocycles. The average molecular weight is 616 g/mol. The maximum atomic E-state index is 9.78. The summed E-state index contributed by atoms with van der Waals surface area (Å²) < 4.78 is 0.